The molecule has 1 amide bonds. The summed E-state index contributed by atoms with van der Waals surface area (Å²) in [6.45, 7) is 4.95. The van der Waals surface area contributed by atoms with Crippen LogP contribution in [0.2, 0.25) is 0 Å². The molecule has 4 N–H and O–H groups in total. The Morgan fingerprint density at radius 3 is 2.62 bits per heavy atom. The lowest BCUT2D eigenvalue weighted by Crippen LogP contribution is -2.35. The van der Waals surface area contributed by atoms with E-state index in [1.54, 1.807) is 6.92 Å². The number of carbonyl (C=O) groups is 1. The van der Waals surface area contributed by atoms with Gasteiger partial charge in [0, 0.05) is 25.6 Å². The SMILES string of the molecule is CC(CCO)CNC(=O)C(C)CN. The maximum atomic E-state index is 11.2. The molecule has 0 aromatic heterocycles. The summed E-state index contributed by atoms with van der Waals surface area (Å²) in [6, 6.07) is 0. The van der Waals surface area contributed by atoms with Gasteiger partial charge < -0.3 is 16.2 Å². The van der Waals surface area contributed by atoms with Crippen LogP contribution in [-0.4, -0.2) is 30.7 Å². The van der Waals surface area contributed by atoms with Crippen LogP contribution in [0.5, 0.6) is 0 Å². The van der Waals surface area contributed by atoms with Crippen LogP contribution in [0.25, 0.3) is 0 Å². The average molecular weight is 188 g/mol. The summed E-state index contributed by atoms with van der Waals surface area (Å²) in [6.07, 6.45) is 0.720. The number of aliphatic hydroxyl groups excluding tert-OH is 1. The Labute approximate surface area is 79.5 Å². The first-order valence-electron chi connectivity index (χ1n) is 4.70. The molecule has 0 aliphatic carbocycles. The Morgan fingerprint density at radius 2 is 2.15 bits per heavy atom. The van der Waals surface area contributed by atoms with Crippen LogP contribution in [0.3, 0.4) is 0 Å². The van der Waals surface area contributed by atoms with Crippen LogP contribution < -0.4 is 11.1 Å². The molecular weight excluding hydrogens is 168 g/mol. The van der Waals surface area contributed by atoms with Gasteiger partial charge in [-0.3, -0.25) is 4.79 Å². The fraction of sp³-hybridized carbons (Fsp3) is 0.889. The minimum absolute atomic E-state index is 0.00714. The number of hydrogen-bond acceptors (Lipinski definition) is 3. The van der Waals surface area contributed by atoms with Crippen LogP contribution >= 0.6 is 0 Å². The highest BCUT2D eigenvalue weighted by Crippen LogP contribution is 1.99. The Bertz CT molecular complexity index is 151. The number of rotatable bonds is 6. The van der Waals surface area contributed by atoms with E-state index >= 15 is 0 Å². The third-order valence-corrected chi connectivity index (χ3v) is 2.05. The van der Waals surface area contributed by atoms with Crippen molar-refractivity contribution in [3.63, 3.8) is 0 Å². The number of nitrogens with two attached hydrogens (primary N) is 1. The second-order valence-electron chi connectivity index (χ2n) is 3.50. The van der Waals surface area contributed by atoms with Gasteiger partial charge in [-0.2, -0.15) is 0 Å². The van der Waals surface area contributed by atoms with Gasteiger partial charge in [-0.05, 0) is 12.3 Å². The van der Waals surface area contributed by atoms with E-state index in [9.17, 15) is 4.79 Å². The topological polar surface area (TPSA) is 75.3 Å². The first-order valence-corrected chi connectivity index (χ1v) is 4.70. The molecule has 2 atom stereocenters. The lowest BCUT2D eigenvalue weighted by molar-refractivity contribution is -0.124. The molecule has 0 rings (SSSR count). The molecule has 4 heteroatoms. The number of amides is 1. The minimum atomic E-state index is -0.124. The van der Waals surface area contributed by atoms with Crippen molar-refractivity contribution in [1.82, 2.24) is 5.32 Å². The Hall–Kier alpha value is -0.610. The van der Waals surface area contributed by atoms with E-state index in [1.807, 2.05) is 6.92 Å². The van der Waals surface area contributed by atoms with Crippen LogP contribution in [0.1, 0.15) is 20.3 Å². The average Bonchev–Trinajstić information content (AvgIpc) is 2.13. The summed E-state index contributed by atoms with van der Waals surface area (Å²) in [5, 5.41) is 11.4. The van der Waals surface area contributed by atoms with E-state index in [-0.39, 0.29) is 18.4 Å². The first-order chi connectivity index (χ1) is 6.11. The molecule has 78 valence electrons. The third-order valence-electron chi connectivity index (χ3n) is 2.05. The smallest absolute Gasteiger partial charge is 0.224 e. The van der Waals surface area contributed by atoms with Gasteiger partial charge in [0.25, 0.3) is 0 Å². The molecule has 0 radical (unpaired) electrons. The van der Waals surface area contributed by atoms with Gasteiger partial charge in [-0.25, -0.2) is 0 Å². The van der Waals surface area contributed by atoms with E-state index in [0.29, 0.717) is 19.0 Å². The summed E-state index contributed by atoms with van der Waals surface area (Å²) in [5.41, 5.74) is 5.34. The monoisotopic (exact) mass is 188 g/mol. The zero-order valence-corrected chi connectivity index (χ0v) is 8.42. The second kappa shape index (κ2) is 6.86. The van der Waals surface area contributed by atoms with Gasteiger partial charge in [-0.1, -0.05) is 13.8 Å². The van der Waals surface area contributed by atoms with Crippen LogP contribution in [0.15, 0.2) is 0 Å². The summed E-state index contributed by atoms with van der Waals surface area (Å²) < 4.78 is 0. The van der Waals surface area contributed by atoms with Gasteiger partial charge in [0.2, 0.25) is 5.91 Å². The van der Waals surface area contributed by atoms with Crippen molar-refractivity contribution in [3.8, 4) is 0 Å². The lowest BCUT2D eigenvalue weighted by atomic mass is 10.1. The quantitative estimate of drug-likeness (QED) is 0.536. The lowest BCUT2D eigenvalue weighted by Gasteiger charge is -2.13. The number of nitrogens with one attached hydrogen (secondary N) is 1. The molecule has 2 unspecified atom stereocenters. The molecule has 0 heterocycles. The predicted octanol–water partition coefficient (Wildman–Crippen LogP) is -0.284. The van der Waals surface area contributed by atoms with Gasteiger partial charge in [-0.15, -0.1) is 0 Å². The van der Waals surface area contributed by atoms with E-state index in [1.165, 1.54) is 0 Å². The van der Waals surface area contributed by atoms with Crippen molar-refractivity contribution in [1.29, 1.82) is 0 Å². The van der Waals surface area contributed by atoms with Crippen molar-refractivity contribution in [2.75, 3.05) is 19.7 Å². The predicted molar refractivity (Wildman–Crippen MR) is 52.1 cm³/mol. The molecular formula is C9H20N2O2. The van der Waals surface area contributed by atoms with Crippen molar-refractivity contribution in [3.05, 3.63) is 0 Å². The molecule has 0 aliphatic heterocycles. The summed E-state index contributed by atoms with van der Waals surface area (Å²) in [4.78, 5) is 11.2. The van der Waals surface area contributed by atoms with E-state index < -0.39 is 0 Å². The highest BCUT2D eigenvalue weighted by molar-refractivity contribution is 5.78. The fourth-order valence-corrected chi connectivity index (χ4v) is 0.879. The Balaban J connectivity index is 3.57. The third kappa shape index (κ3) is 5.60. The van der Waals surface area contributed by atoms with E-state index in [0.717, 1.165) is 6.42 Å². The molecule has 0 spiro atoms. The van der Waals surface area contributed by atoms with E-state index in [4.69, 9.17) is 10.8 Å². The molecule has 0 aromatic rings. The van der Waals surface area contributed by atoms with Crippen molar-refractivity contribution in [2.45, 2.75) is 20.3 Å². The Morgan fingerprint density at radius 1 is 1.54 bits per heavy atom. The maximum Gasteiger partial charge on any atom is 0.224 e. The summed E-state index contributed by atoms with van der Waals surface area (Å²) in [5.74, 6) is 0.188. The molecule has 0 bridgehead atoms. The molecule has 0 fully saturated rings. The van der Waals surface area contributed by atoms with Crippen molar-refractivity contribution >= 4 is 5.91 Å². The second-order valence-corrected chi connectivity index (χ2v) is 3.50. The van der Waals surface area contributed by atoms with Crippen molar-refractivity contribution < 1.29 is 9.90 Å². The molecule has 13 heavy (non-hydrogen) atoms. The standard InChI is InChI=1S/C9H20N2O2/c1-7(3-4-12)6-11-9(13)8(2)5-10/h7-8,12H,3-6,10H2,1-2H3,(H,11,13). The fourth-order valence-electron chi connectivity index (χ4n) is 0.879. The molecule has 0 aromatic carbocycles. The highest BCUT2D eigenvalue weighted by atomic mass is 16.3. The first kappa shape index (κ1) is 12.4. The van der Waals surface area contributed by atoms with Crippen LogP contribution in [0, 0.1) is 11.8 Å². The zero-order chi connectivity index (χ0) is 10.3. The number of hydrogen-bond donors (Lipinski definition) is 3. The van der Waals surface area contributed by atoms with E-state index in [2.05, 4.69) is 5.32 Å². The normalized spacial score (nSPS) is 15.1. The van der Waals surface area contributed by atoms with Crippen LogP contribution in [-0.2, 0) is 4.79 Å². The maximum absolute atomic E-state index is 11.2. The zero-order valence-electron chi connectivity index (χ0n) is 8.42. The summed E-state index contributed by atoms with van der Waals surface area (Å²) in [7, 11) is 0. The Kier molecular flexibility index (Phi) is 6.54. The molecule has 0 aliphatic rings. The number of aliphatic hydroxyl groups is 1. The minimum Gasteiger partial charge on any atom is -0.396 e. The van der Waals surface area contributed by atoms with Gasteiger partial charge in [0.15, 0.2) is 0 Å². The number of carbonyl (C=O) groups excluding carboxylic acids is 1. The van der Waals surface area contributed by atoms with Crippen molar-refractivity contribution in [2.24, 2.45) is 17.6 Å². The highest BCUT2D eigenvalue weighted by Gasteiger charge is 2.10. The molecule has 0 saturated carbocycles. The van der Waals surface area contributed by atoms with Gasteiger partial charge in [0.1, 0.15) is 0 Å². The molecule has 0 saturated heterocycles. The molecule has 4 nitrogen and oxygen atoms in total. The van der Waals surface area contributed by atoms with Crippen LogP contribution in [0.4, 0.5) is 0 Å². The van der Waals surface area contributed by atoms with Gasteiger partial charge in [0.05, 0.1) is 0 Å². The van der Waals surface area contributed by atoms with Gasteiger partial charge >= 0.3 is 0 Å². The summed E-state index contributed by atoms with van der Waals surface area (Å²) >= 11 is 0. The largest absolute Gasteiger partial charge is 0.396 e.